The number of nitro groups is 1. The molecular formula is C19H14N4O6. The Hall–Kier alpha value is -4.08. The Morgan fingerprint density at radius 1 is 1.17 bits per heavy atom. The van der Waals surface area contributed by atoms with Crippen molar-refractivity contribution in [3.63, 3.8) is 0 Å². The summed E-state index contributed by atoms with van der Waals surface area (Å²) in [5, 5.41) is 25.9. The van der Waals surface area contributed by atoms with Gasteiger partial charge in [-0.2, -0.15) is 9.78 Å². The van der Waals surface area contributed by atoms with Gasteiger partial charge < -0.3 is 14.6 Å². The fraction of sp³-hybridized carbons (Fsp3) is 0.158. The van der Waals surface area contributed by atoms with Crippen LogP contribution in [-0.2, 0) is 13.5 Å². The molecule has 0 atom stereocenters. The summed E-state index contributed by atoms with van der Waals surface area (Å²) < 4.78 is 13.2. The minimum absolute atomic E-state index is 0.0518. The Labute approximate surface area is 163 Å². The first kappa shape index (κ1) is 17.0. The SMILES string of the molecule is Cn1c(O)c2n(c1=O)N=C(c1ccc([N+](=O)[O-])cc1)c1cc3c(cc1C2)OCO3. The van der Waals surface area contributed by atoms with E-state index < -0.39 is 10.6 Å². The van der Waals surface area contributed by atoms with Gasteiger partial charge in [-0.25, -0.2) is 4.79 Å². The number of nitro benzene ring substituents is 1. The van der Waals surface area contributed by atoms with Gasteiger partial charge in [0.2, 0.25) is 12.7 Å². The van der Waals surface area contributed by atoms with Crippen LogP contribution >= 0.6 is 0 Å². The van der Waals surface area contributed by atoms with E-state index in [0.717, 1.165) is 14.8 Å². The standard InChI is InChI=1S/C19H14N4O6/c1-21-18(24)14-6-11-7-15-16(29-9-28-15)8-13(11)17(20-22(14)19(21)25)10-2-4-12(5-3-10)23(26)27/h2-5,7-8,24H,6,9H2,1H3. The fourth-order valence-electron chi connectivity index (χ4n) is 3.53. The van der Waals surface area contributed by atoms with Crippen LogP contribution in [0.2, 0.25) is 0 Å². The zero-order chi connectivity index (χ0) is 20.3. The molecule has 146 valence electrons. The predicted octanol–water partition coefficient (Wildman–Crippen LogP) is 1.73. The van der Waals surface area contributed by atoms with Crippen molar-refractivity contribution >= 4 is 11.4 Å². The van der Waals surface area contributed by atoms with Crippen molar-refractivity contribution in [1.82, 2.24) is 9.24 Å². The Bertz CT molecular complexity index is 1270. The average Bonchev–Trinajstić information content (AvgIpc) is 3.19. The highest BCUT2D eigenvalue weighted by atomic mass is 16.7. The van der Waals surface area contributed by atoms with Gasteiger partial charge in [0.1, 0.15) is 5.69 Å². The highest BCUT2D eigenvalue weighted by Crippen LogP contribution is 2.38. The molecule has 2 aromatic carbocycles. The van der Waals surface area contributed by atoms with Gasteiger partial charge in [0.05, 0.1) is 10.6 Å². The lowest BCUT2D eigenvalue weighted by atomic mass is 9.94. The third kappa shape index (κ3) is 2.49. The van der Waals surface area contributed by atoms with Crippen LogP contribution in [0.15, 0.2) is 46.3 Å². The number of fused-ring (bicyclic) bond motifs is 3. The number of nitrogens with zero attached hydrogens (tertiary/aromatic N) is 4. The van der Waals surface area contributed by atoms with E-state index in [-0.39, 0.29) is 24.8 Å². The van der Waals surface area contributed by atoms with Gasteiger partial charge in [-0.05, 0) is 29.8 Å². The molecule has 0 bridgehead atoms. The van der Waals surface area contributed by atoms with Crippen LogP contribution in [0.4, 0.5) is 5.69 Å². The molecule has 1 N–H and O–H groups in total. The minimum Gasteiger partial charge on any atom is -0.493 e. The molecule has 29 heavy (non-hydrogen) atoms. The normalized spacial score (nSPS) is 14.0. The van der Waals surface area contributed by atoms with Gasteiger partial charge in [0.15, 0.2) is 11.5 Å². The van der Waals surface area contributed by atoms with E-state index in [1.807, 2.05) is 0 Å². The molecule has 2 aliphatic rings. The first-order valence-corrected chi connectivity index (χ1v) is 8.70. The van der Waals surface area contributed by atoms with E-state index in [1.165, 1.54) is 19.2 Å². The Morgan fingerprint density at radius 2 is 1.86 bits per heavy atom. The number of hydrogen-bond acceptors (Lipinski definition) is 7. The van der Waals surface area contributed by atoms with Gasteiger partial charge >= 0.3 is 5.69 Å². The second-order valence-corrected chi connectivity index (χ2v) is 6.72. The van der Waals surface area contributed by atoms with E-state index in [0.29, 0.717) is 34.0 Å². The predicted molar refractivity (Wildman–Crippen MR) is 101 cm³/mol. The lowest BCUT2D eigenvalue weighted by molar-refractivity contribution is -0.384. The molecule has 0 amide bonds. The maximum absolute atomic E-state index is 12.6. The summed E-state index contributed by atoms with van der Waals surface area (Å²) in [5.41, 5.74) is 2.27. The molecule has 0 unspecified atom stereocenters. The van der Waals surface area contributed by atoms with Gasteiger partial charge in [0, 0.05) is 36.7 Å². The maximum atomic E-state index is 12.6. The molecule has 0 saturated carbocycles. The monoisotopic (exact) mass is 394 g/mol. The highest BCUT2D eigenvalue weighted by Gasteiger charge is 2.28. The fourth-order valence-corrected chi connectivity index (χ4v) is 3.53. The summed E-state index contributed by atoms with van der Waals surface area (Å²) >= 11 is 0. The summed E-state index contributed by atoms with van der Waals surface area (Å²) in [7, 11) is 1.46. The van der Waals surface area contributed by atoms with Crippen LogP contribution in [0.5, 0.6) is 17.4 Å². The van der Waals surface area contributed by atoms with Gasteiger partial charge in [-0.3, -0.25) is 14.7 Å². The van der Waals surface area contributed by atoms with E-state index in [9.17, 15) is 20.0 Å². The summed E-state index contributed by atoms with van der Waals surface area (Å²) in [5.74, 6) is 0.937. The molecule has 0 aliphatic carbocycles. The lowest BCUT2D eigenvalue weighted by Crippen LogP contribution is -2.21. The molecule has 10 nitrogen and oxygen atoms in total. The average molecular weight is 394 g/mol. The topological polar surface area (TPSA) is 121 Å². The molecule has 3 heterocycles. The number of aromatic hydroxyl groups is 1. The molecule has 0 fully saturated rings. The third-order valence-electron chi connectivity index (χ3n) is 5.06. The molecule has 5 rings (SSSR count). The van der Waals surface area contributed by atoms with Crippen molar-refractivity contribution in [3.8, 4) is 17.4 Å². The quantitative estimate of drug-likeness (QED) is 0.408. The van der Waals surface area contributed by atoms with Crippen molar-refractivity contribution in [2.45, 2.75) is 6.42 Å². The number of imidazole rings is 1. The summed E-state index contributed by atoms with van der Waals surface area (Å²) in [6.45, 7) is 0.101. The van der Waals surface area contributed by atoms with Crippen molar-refractivity contribution in [1.29, 1.82) is 0 Å². The molecular weight excluding hydrogens is 380 g/mol. The zero-order valence-corrected chi connectivity index (χ0v) is 15.2. The molecule has 0 saturated heterocycles. The zero-order valence-electron chi connectivity index (χ0n) is 15.2. The van der Waals surface area contributed by atoms with Gasteiger partial charge in [0.25, 0.3) is 5.69 Å². The number of ether oxygens (including phenoxy) is 2. The van der Waals surface area contributed by atoms with Crippen molar-refractivity contribution in [2.75, 3.05) is 6.79 Å². The second-order valence-electron chi connectivity index (χ2n) is 6.72. The number of aromatic nitrogens is 2. The largest absolute Gasteiger partial charge is 0.493 e. The summed E-state index contributed by atoms with van der Waals surface area (Å²) in [4.78, 5) is 23.1. The molecule has 10 heteroatoms. The second kappa shape index (κ2) is 5.96. The molecule has 0 radical (unpaired) electrons. The first-order chi connectivity index (χ1) is 13.9. The van der Waals surface area contributed by atoms with Crippen LogP contribution in [0.25, 0.3) is 0 Å². The number of benzene rings is 2. The van der Waals surface area contributed by atoms with E-state index in [4.69, 9.17) is 9.47 Å². The lowest BCUT2D eigenvalue weighted by Gasteiger charge is -2.11. The Kier molecular flexibility index (Phi) is 3.50. The van der Waals surface area contributed by atoms with E-state index in [2.05, 4.69) is 5.10 Å². The van der Waals surface area contributed by atoms with Crippen LogP contribution in [0, 0.1) is 10.1 Å². The van der Waals surface area contributed by atoms with Crippen molar-refractivity contribution < 1.29 is 19.5 Å². The maximum Gasteiger partial charge on any atom is 0.351 e. The van der Waals surface area contributed by atoms with Crippen molar-refractivity contribution in [2.24, 2.45) is 12.1 Å². The molecule has 0 spiro atoms. The number of hydrogen-bond donors (Lipinski definition) is 1. The summed E-state index contributed by atoms with van der Waals surface area (Å²) in [6, 6.07) is 9.47. The third-order valence-corrected chi connectivity index (χ3v) is 5.06. The molecule has 1 aromatic heterocycles. The molecule has 2 aliphatic heterocycles. The number of rotatable bonds is 2. The summed E-state index contributed by atoms with van der Waals surface area (Å²) in [6.07, 6.45) is 0.244. The van der Waals surface area contributed by atoms with Crippen LogP contribution < -0.4 is 15.2 Å². The number of non-ortho nitro benzene ring substituents is 1. The van der Waals surface area contributed by atoms with E-state index in [1.54, 1.807) is 24.3 Å². The van der Waals surface area contributed by atoms with Gasteiger partial charge in [-0.1, -0.05) is 0 Å². The van der Waals surface area contributed by atoms with Crippen LogP contribution in [0.1, 0.15) is 22.4 Å². The Morgan fingerprint density at radius 3 is 2.55 bits per heavy atom. The molecule has 3 aromatic rings. The highest BCUT2D eigenvalue weighted by molar-refractivity contribution is 6.14. The first-order valence-electron chi connectivity index (χ1n) is 8.70. The van der Waals surface area contributed by atoms with Crippen LogP contribution in [-0.4, -0.2) is 31.8 Å². The van der Waals surface area contributed by atoms with Gasteiger partial charge in [-0.15, -0.1) is 0 Å². The van der Waals surface area contributed by atoms with Crippen molar-refractivity contribution in [3.05, 3.63) is 79.4 Å². The van der Waals surface area contributed by atoms with E-state index >= 15 is 0 Å². The Balaban J connectivity index is 1.78. The van der Waals surface area contributed by atoms with Crippen LogP contribution in [0.3, 0.4) is 0 Å². The smallest absolute Gasteiger partial charge is 0.351 e. The minimum atomic E-state index is -0.496.